The molecule has 0 aromatic heterocycles. The molecule has 1 aliphatic carbocycles. The molecule has 0 radical (unpaired) electrons. The number of nitrogens with one attached hydrogen (secondary N) is 1. The second-order valence-corrected chi connectivity index (χ2v) is 14.4. The first-order chi connectivity index (χ1) is 24.7. The summed E-state index contributed by atoms with van der Waals surface area (Å²) in [5.74, 6) is -3.39. The maximum atomic E-state index is 15.0. The van der Waals surface area contributed by atoms with Crippen LogP contribution in [0.1, 0.15) is 88.0 Å². The Balaban J connectivity index is 1.36. The van der Waals surface area contributed by atoms with E-state index in [4.69, 9.17) is 9.47 Å². The number of benzene rings is 2. The highest BCUT2D eigenvalue weighted by atomic mass is 16.6. The summed E-state index contributed by atoms with van der Waals surface area (Å²) in [5.41, 5.74) is 0.117. The first kappa shape index (κ1) is 36.5. The average molecular weight is 698 g/mol. The first-order valence-corrected chi connectivity index (χ1v) is 18.5. The van der Waals surface area contributed by atoms with E-state index in [1.165, 1.54) is 4.90 Å². The highest BCUT2D eigenvalue weighted by Gasteiger charge is 2.76. The number of allylic oxidation sites excluding steroid dienone is 1. The summed E-state index contributed by atoms with van der Waals surface area (Å²) in [6, 6.07) is 16.0. The van der Waals surface area contributed by atoms with Gasteiger partial charge in [-0.1, -0.05) is 92.1 Å². The second kappa shape index (κ2) is 15.9. The lowest BCUT2D eigenvalue weighted by molar-refractivity contribution is -0.163. The van der Waals surface area contributed by atoms with Gasteiger partial charge < -0.3 is 29.7 Å². The second-order valence-electron chi connectivity index (χ2n) is 14.4. The Kier molecular flexibility index (Phi) is 11.4. The molecule has 2 N–H and O–H groups in total. The molecule has 10 heteroatoms. The van der Waals surface area contributed by atoms with Crippen LogP contribution in [0.2, 0.25) is 0 Å². The van der Waals surface area contributed by atoms with Crippen LogP contribution in [0.15, 0.2) is 86.0 Å². The Morgan fingerprint density at radius 1 is 1.02 bits per heavy atom. The molecule has 6 rings (SSSR count). The van der Waals surface area contributed by atoms with Crippen LogP contribution in [-0.2, 0) is 28.7 Å². The van der Waals surface area contributed by atoms with E-state index >= 15 is 4.79 Å². The third-order valence-corrected chi connectivity index (χ3v) is 11.4. The molecule has 51 heavy (non-hydrogen) atoms. The molecule has 3 saturated heterocycles. The Hall–Kier alpha value is -4.28. The molecule has 1 saturated carbocycles. The molecule has 10 nitrogen and oxygen atoms in total. The summed E-state index contributed by atoms with van der Waals surface area (Å²) >= 11 is 0. The van der Waals surface area contributed by atoms with E-state index in [0.29, 0.717) is 36.9 Å². The fourth-order valence-corrected chi connectivity index (χ4v) is 9.05. The molecule has 8 atom stereocenters. The summed E-state index contributed by atoms with van der Waals surface area (Å²) < 4.78 is 13.1. The van der Waals surface area contributed by atoms with Gasteiger partial charge in [-0.15, -0.1) is 13.2 Å². The Bertz CT molecular complexity index is 1580. The molecule has 3 aliphatic heterocycles. The van der Waals surface area contributed by atoms with E-state index < -0.39 is 66.3 Å². The number of carbonyl (C=O) groups excluding carboxylic acids is 4. The Morgan fingerprint density at radius 2 is 1.69 bits per heavy atom. The highest BCUT2D eigenvalue weighted by molar-refractivity contribution is 5.98. The van der Waals surface area contributed by atoms with Gasteiger partial charge in [-0.25, -0.2) is 0 Å². The zero-order valence-electron chi connectivity index (χ0n) is 29.5. The van der Waals surface area contributed by atoms with Crippen molar-refractivity contribution in [2.75, 3.05) is 13.2 Å². The fraction of sp³-hybridized carbons (Fsp3) is 0.512. The van der Waals surface area contributed by atoms with Crippen molar-refractivity contribution >= 4 is 23.7 Å². The van der Waals surface area contributed by atoms with E-state index in [0.717, 1.165) is 32.1 Å². The molecular weight excluding hydrogens is 646 g/mol. The zero-order chi connectivity index (χ0) is 36.1. The van der Waals surface area contributed by atoms with E-state index in [-0.39, 0.29) is 24.3 Å². The first-order valence-electron chi connectivity index (χ1n) is 18.5. The molecule has 2 aromatic carbocycles. The van der Waals surface area contributed by atoms with Gasteiger partial charge in [0.25, 0.3) is 0 Å². The van der Waals surface area contributed by atoms with E-state index in [1.54, 1.807) is 19.1 Å². The maximum absolute atomic E-state index is 15.0. The van der Waals surface area contributed by atoms with Gasteiger partial charge >= 0.3 is 5.97 Å². The predicted molar refractivity (Wildman–Crippen MR) is 192 cm³/mol. The van der Waals surface area contributed by atoms with Crippen molar-refractivity contribution in [3.05, 3.63) is 97.1 Å². The van der Waals surface area contributed by atoms with Gasteiger partial charge in [0.1, 0.15) is 17.7 Å². The summed E-state index contributed by atoms with van der Waals surface area (Å²) in [6.07, 6.45) is 8.46. The number of likely N-dealkylation sites (tertiary alicyclic amines) is 1. The van der Waals surface area contributed by atoms with Crippen molar-refractivity contribution in [2.24, 2.45) is 11.8 Å². The maximum Gasteiger partial charge on any atom is 0.313 e. The van der Waals surface area contributed by atoms with Crippen LogP contribution in [0, 0.1) is 11.8 Å². The Morgan fingerprint density at radius 3 is 2.31 bits per heavy atom. The number of rotatable bonds is 15. The quantitative estimate of drug-likeness (QED) is 0.194. The third kappa shape index (κ3) is 7.00. The molecule has 3 heterocycles. The standard InChI is InChI=1S/C41H51N3O7/c1-4-6-22-33(46)42-27(3)36(29-18-12-8-13-19-29)50-40(49)34-32-23-24-41(51-32)35(34)38(47)44(31(26-45)28-16-10-7-11-17-28)37(41)39(48)43(25-5-2)30-20-14-9-15-21-30/h4-5,7-8,10-13,16-19,27,30-32,34-37,45H,1-2,6,9,14-15,20-26H2,3H3,(H,42,46)/t27-,31+,32+,34-,35-,36-,37+,41-/m0/s1. The molecule has 0 unspecified atom stereocenters. The van der Waals surface area contributed by atoms with Crippen LogP contribution in [-0.4, -0.2) is 81.6 Å². The van der Waals surface area contributed by atoms with Crippen molar-refractivity contribution in [2.45, 2.75) is 107 Å². The van der Waals surface area contributed by atoms with Crippen LogP contribution in [0.25, 0.3) is 0 Å². The largest absolute Gasteiger partial charge is 0.455 e. The van der Waals surface area contributed by atoms with Crippen LogP contribution < -0.4 is 5.32 Å². The SMILES string of the molecule is C=CCCC(=O)N[C@@H](C)[C@H](OC(=O)[C@@H]1[C@H]2C(=O)N([C@H](CO)c3ccccc3)[C@H](C(=O)N(CC=C)C3CCCCC3)[C@]23CC[C@H]1O3)c1ccccc1. The summed E-state index contributed by atoms with van der Waals surface area (Å²) in [7, 11) is 0. The number of aliphatic hydroxyl groups excluding tert-OH is 1. The smallest absolute Gasteiger partial charge is 0.313 e. The van der Waals surface area contributed by atoms with Gasteiger partial charge in [-0.05, 0) is 50.2 Å². The van der Waals surface area contributed by atoms with E-state index in [9.17, 15) is 19.5 Å². The minimum atomic E-state index is -1.27. The molecule has 1 spiro atoms. The lowest BCUT2D eigenvalue weighted by Gasteiger charge is -2.42. The number of fused-ring (bicyclic) bond motifs is 1. The number of hydrogen-bond acceptors (Lipinski definition) is 7. The number of ether oxygens (including phenoxy) is 2. The molecule has 3 amide bonds. The van der Waals surface area contributed by atoms with Gasteiger partial charge in [-0.2, -0.15) is 0 Å². The monoisotopic (exact) mass is 697 g/mol. The third-order valence-electron chi connectivity index (χ3n) is 11.4. The topological polar surface area (TPSA) is 125 Å². The molecular formula is C41H51N3O7. The number of aliphatic hydroxyl groups is 1. The zero-order valence-corrected chi connectivity index (χ0v) is 29.5. The van der Waals surface area contributed by atoms with Crippen molar-refractivity contribution < 1.29 is 33.8 Å². The minimum Gasteiger partial charge on any atom is -0.455 e. The summed E-state index contributed by atoms with van der Waals surface area (Å²) in [4.78, 5) is 60.5. The van der Waals surface area contributed by atoms with Gasteiger partial charge in [-0.3, -0.25) is 19.2 Å². The van der Waals surface area contributed by atoms with Crippen LogP contribution in [0.4, 0.5) is 0 Å². The fourth-order valence-electron chi connectivity index (χ4n) is 9.05. The normalized spacial score (nSPS) is 27.3. The minimum absolute atomic E-state index is 0.00451. The number of hydrogen-bond donors (Lipinski definition) is 2. The van der Waals surface area contributed by atoms with Crippen molar-refractivity contribution in [3.63, 3.8) is 0 Å². The predicted octanol–water partition coefficient (Wildman–Crippen LogP) is 5.20. The lowest BCUT2D eigenvalue weighted by atomic mass is 9.70. The molecule has 4 fully saturated rings. The summed E-state index contributed by atoms with van der Waals surface area (Å²) in [6.45, 7) is 9.34. The van der Waals surface area contributed by atoms with Crippen LogP contribution in [0.5, 0.6) is 0 Å². The average Bonchev–Trinajstić information content (AvgIpc) is 3.80. The number of esters is 1. The molecule has 2 aromatic rings. The lowest BCUT2D eigenvalue weighted by Crippen LogP contribution is -2.59. The van der Waals surface area contributed by atoms with Gasteiger partial charge in [0.05, 0.1) is 36.6 Å². The molecule has 272 valence electrons. The van der Waals surface area contributed by atoms with Crippen molar-refractivity contribution in [1.82, 2.24) is 15.1 Å². The molecule has 4 aliphatic rings. The van der Waals surface area contributed by atoms with Crippen molar-refractivity contribution in [1.29, 1.82) is 0 Å². The number of nitrogens with zero attached hydrogens (tertiary/aromatic N) is 2. The Labute approximate surface area is 300 Å². The van der Waals surface area contributed by atoms with E-state index in [1.807, 2.05) is 65.6 Å². The highest BCUT2D eigenvalue weighted by Crippen LogP contribution is 2.60. The molecule has 2 bridgehead atoms. The van der Waals surface area contributed by atoms with Gasteiger partial charge in [0, 0.05) is 19.0 Å². The van der Waals surface area contributed by atoms with Crippen molar-refractivity contribution in [3.8, 4) is 0 Å². The van der Waals surface area contributed by atoms with Gasteiger partial charge in [0.2, 0.25) is 17.7 Å². The van der Waals surface area contributed by atoms with Gasteiger partial charge in [0.15, 0.2) is 0 Å². The van der Waals surface area contributed by atoms with Crippen LogP contribution in [0.3, 0.4) is 0 Å². The summed E-state index contributed by atoms with van der Waals surface area (Å²) in [5, 5.41) is 13.8. The van der Waals surface area contributed by atoms with Crippen LogP contribution >= 0.6 is 0 Å². The number of amides is 3. The number of carbonyl (C=O) groups is 4. The van der Waals surface area contributed by atoms with E-state index in [2.05, 4.69) is 18.5 Å².